The number of anilines is 1. The summed E-state index contributed by atoms with van der Waals surface area (Å²) in [6, 6.07) is 20.8. The monoisotopic (exact) mass is 531 g/mol. The zero-order valence-electron chi connectivity index (χ0n) is 21.1. The van der Waals surface area contributed by atoms with Crippen molar-refractivity contribution >= 4 is 23.3 Å². The third-order valence-corrected chi connectivity index (χ3v) is 6.24. The highest BCUT2D eigenvalue weighted by Gasteiger charge is 2.27. The molecule has 0 aliphatic carbocycles. The van der Waals surface area contributed by atoms with Gasteiger partial charge in [0, 0.05) is 11.3 Å². The average Bonchev–Trinajstić information content (AvgIpc) is 2.93. The lowest BCUT2D eigenvalue weighted by Gasteiger charge is -2.32. The van der Waals surface area contributed by atoms with Crippen LogP contribution >= 0.6 is 0 Å². The Bertz CT molecular complexity index is 1340. The number of carboxylic acid groups (broad SMARTS) is 1. The van der Waals surface area contributed by atoms with Crippen LogP contribution in [0, 0.1) is 11.2 Å². The van der Waals surface area contributed by atoms with Crippen molar-refractivity contribution in [2.45, 2.75) is 25.1 Å². The molecule has 39 heavy (non-hydrogen) atoms. The van der Waals surface area contributed by atoms with Crippen LogP contribution in [0.2, 0.25) is 0 Å². The molecule has 0 saturated heterocycles. The number of ether oxygens (including phenoxy) is 1. The van der Waals surface area contributed by atoms with Gasteiger partial charge in [-0.25, -0.2) is 4.39 Å². The summed E-state index contributed by atoms with van der Waals surface area (Å²) in [6.07, 6.45) is 2.79. The van der Waals surface area contributed by atoms with E-state index in [4.69, 9.17) is 10.1 Å². The van der Waals surface area contributed by atoms with Crippen molar-refractivity contribution in [2.24, 2.45) is 0 Å². The highest BCUT2D eigenvalue weighted by Crippen LogP contribution is 2.29. The fourth-order valence-corrected chi connectivity index (χ4v) is 4.18. The van der Waals surface area contributed by atoms with E-state index >= 15 is 0 Å². The smallest absolute Gasteiger partial charge is 0.321 e. The van der Waals surface area contributed by atoms with E-state index in [-0.39, 0.29) is 17.2 Å². The minimum Gasteiger partial charge on any atom is -0.507 e. The van der Waals surface area contributed by atoms with E-state index in [1.165, 1.54) is 41.3 Å². The zero-order chi connectivity index (χ0) is 27.8. The summed E-state index contributed by atoms with van der Waals surface area (Å²) in [5, 5.41) is 42.3. The van der Waals surface area contributed by atoms with Crippen molar-refractivity contribution in [1.82, 2.24) is 5.32 Å². The predicted molar refractivity (Wildman–Crippen MR) is 147 cm³/mol. The summed E-state index contributed by atoms with van der Waals surface area (Å²) in [5.41, 5.74) is 2.00. The second kappa shape index (κ2) is 12.9. The normalized spacial score (nSPS) is 17.1. The highest BCUT2D eigenvalue weighted by atomic mass is 19.1. The van der Waals surface area contributed by atoms with E-state index in [0.29, 0.717) is 43.0 Å². The quantitative estimate of drug-likeness (QED) is 0.182. The number of carboxylic acids is 1. The molecular weight excluding hydrogens is 501 g/mol. The Morgan fingerprint density at radius 1 is 1.03 bits per heavy atom. The van der Waals surface area contributed by atoms with Crippen molar-refractivity contribution in [3.8, 4) is 5.75 Å². The summed E-state index contributed by atoms with van der Waals surface area (Å²) < 4.78 is 19.0. The van der Waals surface area contributed by atoms with Crippen molar-refractivity contribution in [3.05, 3.63) is 114 Å². The van der Waals surface area contributed by atoms with Gasteiger partial charge in [0.1, 0.15) is 29.2 Å². The topological polar surface area (TPSA) is 126 Å². The van der Waals surface area contributed by atoms with Crippen LogP contribution in [0.25, 0.3) is 5.76 Å². The Kier molecular flexibility index (Phi) is 9.09. The molecule has 202 valence electrons. The molecule has 0 radical (unpaired) electrons. The van der Waals surface area contributed by atoms with Crippen molar-refractivity contribution in [3.63, 3.8) is 0 Å². The molecule has 8 nitrogen and oxygen atoms in total. The van der Waals surface area contributed by atoms with Gasteiger partial charge in [0.05, 0.1) is 12.2 Å². The molecule has 0 saturated carbocycles. The molecule has 1 unspecified atom stereocenters. The molecule has 0 bridgehead atoms. The lowest BCUT2D eigenvalue weighted by molar-refractivity contribution is -0.139. The fourth-order valence-electron chi connectivity index (χ4n) is 4.18. The summed E-state index contributed by atoms with van der Waals surface area (Å²) in [5.74, 6) is -1.07. The van der Waals surface area contributed by atoms with Crippen LogP contribution in [-0.4, -0.2) is 52.5 Å². The van der Waals surface area contributed by atoms with E-state index in [1.54, 1.807) is 24.3 Å². The number of aliphatic hydroxyl groups is 2. The van der Waals surface area contributed by atoms with Crippen LogP contribution in [0.5, 0.6) is 5.75 Å². The van der Waals surface area contributed by atoms with E-state index in [9.17, 15) is 24.5 Å². The van der Waals surface area contributed by atoms with E-state index in [0.717, 1.165) is 5.56 Å². The molecule has 4 rings (SSSR count). The van der Waals surface area contributed by atoms with Crippen molar-refractivity contribution in [1.29, 1.82) is 5.41 Å². The van der Waals surface area contributed by atoms with Crippen LogP contribution in [0.3, 0.4) is 0 Å². The SMILES string of the molecule is N=C1C(=C(O)c2ccc(F)cc2)C=CC(O)N1c1ccc(OCCCN[C@@H](Cc2ccccc2)C(=O)O)cc1. The van der Waals surface area contributed by atoms with Crippen LogP contribution in [0.4, 0.5) is 10.1 Å². The molecule has 0 spiro atoms. The first-order valence-electron chi connectivity index (χ1n) is 12.5. The first-order chi connectivity index (χ1) is 18.8. The number of carbonyl (C=O) groups is 1. The number of nitrogens with zero attached hydrogens (tertiary/aromatic N) is 1. The Labute approximate surface area is 225 Å². The zero-order valence-corrected chi connectivity index (χ0v) is 21.1. The standard InChI is InChI=1S/C30H30FN3O5/c31-22-9-7-21(8-10-22)28(36)25-15-16-27(35)34(29(25)32)23-11-13-24(14-12-23)39-18-4-17-33-26(30(37)38)19-20-5-2-1-3-6-20/h1-3,5-16,26-27,32-33,35-36H,4,17-19H2,(H,37,38)/t26-,27?/m0/s1. The van der Waals surface area contributed by atoms with Crippen LogP contribution < -0.4 is 15.0 Å². The molecule has 9 heteroatoms. The van der Waals surface area contributed by atoms with Crippen molar-refractivity contribution in [2.75, 3.05) is 18.1 Å². The minimum atomic E-state index is -1.11. The number of rotatable bonds is 11. The van der Waals surface area contributed by atoms with Crippen LogP contribution in [0.1, 0.15) is 17.5 Å². The second-order valence-corrected chi connectivity index (χ2v) is 8.99. The van der Waals surface area contributed by atoms with Gasteiger partial charge >= 0.3 is 5.97 Å². The molecule has 3 aromatic carbocycles. The van der Waals surface area contributed by atoms with Gasteiger partial charge in [-0.15, -0.1) is 0 Å². The van der Waals surface area contributed by atoms with Crippen molar-refractivity contribution < 1.29 is 29.2 Å². The molecular formula is C30H30FN3O5. The maximum atomic E-state index is 13.3. The fraction of sp³-hybridized carbons (Fsp3) is 0.200. The number of hydrogen-bond donors (Lipinski definition) is 5. The van der Waals surface area contributed by atoms with Gasteiger partial charge in [-0.05, 0) is 85.6 Å². The summed E-state index contributed by atoms with van der Waals surface area (Å²) in [4.78, 5) is 12.9. The molecule has 3 aromatic rings. The number of hydrogen-bond acceptors (Lipinski definition) is 6. The maximum absolute atomic E-state index is 13.3. The largest absolute Gasteiger partial charge is 0.507 e. The molecule has 0 amide bonds. The molecule has 0 fully saturated rings. The Morgan fingerprint density at radius 3 is 2.38 bits per heavy atom. The molecule has 0 aromatic heterocycles. The number of amidine groups is 1. The van der Waals surface area contributed by atoms with Gasteiger partial charge in [0.2, 0.25) is 0 Å². The van der Waals surface area contributed by atoms with E-state index in [2.05, 4.69) is 5.32 Å². The number of benzene rings is 3. The Balaban J connectivity index is 1.32. The first kappa shape index (κ1) is 27.6. The molecule has 1 aliphatic heterocycles. The van der Waals surface area contributed by atoms with E-state index < -0.39 is 24.1 Å². The predicted octanol–water partition coefficient (Wildman–Crippen LogP) is 4.52. The summed E-state index contributed by atoms with van der Waals surface area (Å²) in [7, 11) is 0. The highest BCUT2D eigenvalue weighted by molar-refractivity contribution is 6.14. The lowest BCUT2D eigenvalue weighted by Crippen LogP contribution is -2.42. The molecule has 1 aliphatic rings. The number of aliphatic carboxylic acids is 1. The summed E-state index contributed by atoms with van der Waals surface area (Å²) in [6.45, 7) is 0.839. The lowest BCUT2D eigenvalue weighted by atomic mass is 10.0. The number of halogens is 1. The number of nitrogens with one attached hydrogen (secondary N) is 2. The van der Waals surface area contributed by atoms with Crippen LogP contribution in [0.15, 0.2) is 96.6 Å². The van der Waals surface area contributed by atoms with Gasteiger partial charge in [-0.3, -0.25) is 15.1 Å². The minimum absolute atomic E-state index is 0.116. The Morgan fingerprint density at radius 2 is 1.72 bits per heavy atom. The van der Waals surface area contributed by atoms with Gasteiger partial charge < -0.3 is 25.4 Å². The molecule has 5 N–H and O–H groups in total. The Hall–Kier alpha value is -4.47. The third kappa shape index (κ3) is 7.10. The number of aliphatic hydroxyl groups excluding tert-OH is 2. The van der Waals surface area contributed by atoms with Gasteiger partial charge in [-0.2, -0.15) is 0 Å². The van der Waals surface area contributed by atoms with Gasteiger partial charge in [0.25, 0.3) is 0 Å². The molecule has 2 atom stereocenters. The van der Waals surface area contributed by atoms with E-state index in [1.807, 2.05) is 30.3 Å². The first-order valence-corrected chi connectivity index (χ1v) is 12.5. The molecule has 1 heterocycles. The maximum Gasteiger partial charge on any atom is 0.321 e. The van der Waals surface area contributed by atoms with Crippen LogP contribution in [-0.2, 0) is 11.2 Å². The average molecular weight is 532 g/mol. The van der Waals surface area contributed by atoms with Gasteiger partial charge in [-0.1, -0.05) is 30.3 Å². The second-order valence-electron chi connectivity index (χ2n) is 8.99. The third-order valence-electron chi connectivity index (χ3n) is 6.24. The van der Waals surface area contributed by atoms with Gasteiger partial charge in [0.15, 0.2) is 6.23 Å². The summed E-state index contributed by atoms with van der Waals surface area (Å²) >= 11 is 0.